The molecule has 6 heteroatoms. The van der Waals surface area contributed by atoms with E-state index in [9.17, 15) is 9.59 Å². The van der Waals surface area contributed by atoms with Gasteiger partial charge in [-0.2, -0.15) is 0 Å². The summed E-state index contributed by atoms with van der Waals surface area (Å²) in [6.07, 6.45) is 1.77. The molecule has 1 heterocycles. The number of nitrogens with zero attached hydrogens (tertiary/aromatic N) is 1. The number of amides is 3. The van der Waals surface area contributed by atoms with Crippen LogP contribution < -0.4 is 16.4 Å². The SMILES string of the molecule is CC(=O)Nc1ccc(NC2CCN(C(N)=O)CC2)cc1C. The second-order valence-corrected chi connectivity index (χ2v) is 5.45. The minimum Gasteiger partial charge on any atom is -0.382 e. The molecule has 1 fully saturated rings. The maximum Gasteiger partial charge on any atom is 0.314 e. The molecular formula is C15H22N4O2. The molecule has 4 N–H and O–H groups in total. The van der Waals surface area contributed by atoms with Gasteiger partial charge in [0.25, 0.3) is 0 Å². The molecule has 21 heavy (non-hydrogen) atoms. The molecule has 1 aliphatic heterocycles. The highest BCUT2D eigenvalue weighted by atomic mass is 16.2. The predicted octanol–water partition coefficient (Wildman–Crippen LogP) is 1.91. The lowest BCUT2D eigenvalue weighted by Crippen LogP contribution is -2.44. The number of rotatable bonds is 3. The quantitative estimate of drug-likeness (QED) is 0.794. The number of nitrogens with two attached hydrogens (primary N) is 1. The van der Waals surface area contributed by atoms with E-state index in [1.165, 1.54) is 6.92 Å². The monoisotopic (exact) mass is 290 g/mol. The third-order valence-corrected chi connectivity index (χ3v) is 3.71. The first-order valence-electron chi connectivity index (χ1n) is 7.15. The predicted molar refractivity (Wildman–Crippen MR) is 83.3 cm³/mol. The van der Waals surface area contributed by atoms with Crippen molar-refractivity contribution in [2.45, 2.75) is 32.7 Å². The molecule has 0 unspecified atom stereocenters. The van der Waals surface area contributed by atoms with Crippen LogP contribution in [0.4, 0.5) is 16.2 Å². The van der Waals surface area contributed by atoms with Gasteiger partial charge in [-0.05, 0) is 43.5 Å². The Labute approximate surface area is 124 Å². The van der Waals surface area contributed by atoms with Gasteiger partial charge in [0.1, 0.15) is 0 Å². The Bertz CT molecular complexity index is 536. The number of piperidine rings is 1. The number of likely N-dealkylation sites (tertiary alicyclic amines) is 1. The largest absolute Gasteiger partial charge is 0.382 e. The fourth-order valence-corrected chi connectivity index (χ4v) is 2.56. The number of hydrogen-bond donors (Lipinski definition) is 3. The summed E-state index contributed by atoms with van der Waals surface area (Å²) in [5.74, 6) is -0.0716. The number of benzene rings is 1. The maximum atomic E-state index is 11.1. The first-order valence-corrected chi connectivity index (χ1v) is 7.15. The highest BCUT2D eigenvalue weighted by Crippen LogP contribution is 2.22. The summed E-state index contributed by atoms with van der Waals surface area (Å²) in [5.41, 5.74) is 8.15. The zero-order valence-electron chi connectivity index (χ0n) is 12.5. The number of carbonyl (C=O) groups is 2. The molecule has 0 bridgehead atoms. The van der Waals surface area contributed by atoms with Gasteiger partial charge in [-0.15, -0.1) is 0 Å². The van der Waals surface area contributed by atoms with E-state index in [1.54, 1.807) is 4.90 Å². The number of anilines is 2. The summed E-state index contributed by atoms with van der Waals surface area (Å²) >= 11 is 0. The van der Waals surface area contributed by atoms with Crippen LogP contribution in [0.3, 0.4) is 0 Å². The third-order valence-electron chi connectivity index (χ3n) is 3.71. The Morgan fingerprint density at radius 3 is 2.48 bits per heavy atom. The van der Waals surface area contributed by atoms with Crippen molar-refractivity contribution in [1.82, 2.24) is 4.90 Å². The number of hydrogen-bond acceptors (Lipinski definition) is 3. The second kappa shape index (κ2) is 6.47. The average Bonchev–Trinajstić information content (AvgIpc) is 2.42. The molecule has 3 amide bonds. The number of primary amides is 1. The standard InChI is InChI=1S/C15H22N4O2/c1-10-9-13(3-4-14(10)17-11(2)20)18-12-5-7-19(8-6-12)15(16)21/h3-4,9,12,18H,5-8H2,1-2H3,(H2,16,21)(H,17,20). The van der Waals surface area contributed by atoms with Crippen molar-refractivity contribution in [3.8, 4) is 0 Å². The summed E-state index contributed by atoms with van der Waals surface area (Å²) in [7, 11) is 0. The van der Waals surface area contributed by atoms with Crippen molar-refractivity contribution in [2.24, 2.45) is 5.73 Å². The van der Waals surface area contributed by atoms with Crippen LogP contribution in [0.5, 0.6) is 0 Å². The van der Waals surface area contributed by atoms with E-state index in [2.05, 4.69) is 10.6 Å². The molecule has 0 spiro atoms. The van der Waals surface area contributed by atoms with Crippen LogP contribution in [0.15, 0.2) is 18.2 Å². The van der Waals surface area contributed by atoms with E-state index in [0.29, 0.717) is 19.1 Å². The molecule has 1 aromatic rings. The lowest BCUT2D eigenvalue weighted by atomic mass is 10.0. The fourth-order valence-electron chi connectivity index (χ4n) is 2.56. The van der Waals surface area contributed by atoms with Crippen molar-refractivity contribution in [3.63, 3.8) is 0 Å². The molecule has 1 aliphatic rings. The van der Waals surface area contributed by atoms with Crippen LogP contribution in [0, 0.1) is 6.92 Å². The molecule has 6 nitrogen and oxygen atoms in total. The summed E-state index contributed by atoms with van der Waals surface area (Å²) in [6, 6.07) is 5.87. The first-order chi connectivity index (χ1) is 9.95. The van der Waals surface area contributed by atoms with Crippen LogP contribution in [-0.2, 0) is 4.79 Å². The van der Waals surface area contributed by atoms with Crippen LogP contribution >= 0.6 is 0 Å². The minimum atomic E-state index is -0.344. The van der Waals surface area contributed by atoms with E-state index < -0.39 is 0 Å². The fraction of sp³-hybridized carbons (Fsp3) is 0.467. The molecule has 0 aromatic heterocycles. The summed E-state index contributed by atoms with van der Waals surface area (Å²) in [4.78, 5) is 23.8. The summed E-state index contributed by atoms with van der Waals surface area (Å²) in [5, 5.41) is 6.27. The Hall–Kier alpha value is -2.24. The molecule has 0 radical (unpaired) electrons. The minimum absolute atomic E-state index is 0.0716. The first kappa shape index (κ1) is 15.2. The Morgan fingerprint density at radius 1 is 1.29 bits per heavy atom. The van der Waals surface area contributed by atoms with Crippen LogP contribution in [0.2, 0.25) is 0 Å². The topological polar surface area (TPSA) is 87.5 Å². The normalized spacial score (nSPS) is 15.6. The van der Waals surface area contributed by atoms with Gasteiger partial charge in [-0.1, -0.05) is 0 Å². The van der Waals surface area contributed by atoms with Gasteiger partial charge in [0, 0.05) is 37.4 Å². The van der Waals surface area contributed by atoms with Gasteiger partial charge in [0.15, 0.2) is 0 Å². The summed E-state index contributed by atoms with van der Waals surface area (Å²) < 4.78 is 0. The number of nitrogens with one attached hydrogen (secondary N) is 2. The van der Waals surface area contributed by atoms with Crippen molar-refractivity contribution in [3.05, 3.63) is 23.8 Å². The summed E-state index contributed by atoms with van der Waals surface area (Å²) in [6.45, 7) is 4.84. The van der Waals surface area contributed by atoms with Crippen molar-refractivity contribution >= 4 is 23.3 Å². The highest BCUT2D eigenvalue weighted by Gasteiger charge is 2.21. The molecule has 0 saturated carbocycles. The molecule has 0 aliphatic carbocycles. The molecular weight excluding hydrogens is 268 g/mol. The Balaban J connectivity index is 1.93. The zero-order valence-corrected chi connectivity index (χ0v) is 12.5. The van der Waals surface area contributed by atoms with Gasteiger partial charge in [0.2, 0.25) is 5.91 Å². The smallest absolute Gasteiger partial charge is 0.314 e. The van der Waals surface area contributed by atoms with Crippen molar-refractivity contribution in [2.75, 3.05) is 23.7 Å². The van der Waals surface area contributed by atoms with Crippen LogP contribution in [0.25, 0.3) is 0 Å². The van der Waals surface area contributed by atoms with Crippen molar-refractivity contribution < 1.29 is 9.59 Å². The van der Waals surface area contributed by atoms with E-state index in [4.69, 9.17) is 5.73 Å². The van der Waals surface area contributed by atoms with E-state index in [-0.39, 0.29) is 11.9 Å². The van der Waals surface area contributed by atoms with Gasteiger partial charge < -0.3 is 21.3 Å². The molecule has 1 aromatic carbocycles. The van der Waals surface area contributed by atoms with E-state index in [0.717, 1.165) is 29.8 Å². The highest BCUT2D eigenvalue weighted by molar-refractivity contribution is 5.89. The van der Waals surface area contributed by atoms with E-state index in [1.807, 2.05) is 25.1 Å². The molecule has 1 saturated heterocycles. The van der Waals surface area contributed by atoms with E-state index >= 15 is 0 Å². The van der Waals surface area contributed by atoms with Gasteiger partial charge in [0.05, 0.1) is 0 Å². The van der Waals surface area contributed by atoms with Crippen LogP contribution in [-0.4, -0.2) is 36.0 Å². The Morgan fingerprint density at radius 2 is 1.95 bits per heavy atom. The van der Waals surface area contributed by atoms with Gasteiger partial charge in [-0.3, -0.25) is 4.79 Å². The molecule has 0 atom stereocenters. The maximum absolute atomic E-state index is 11.1. The lowest BCUT2D eigenvalue weighted by molar-refractivity contribution is -0.114. The third kappa shape index (κ3) is 4.11. The van der Waals surface area contributed by atoms with Crippen molar-refractivity contribution in [1.29, 1.82) is 0 Å². The molecule has 2 rings (SSSR count). The zero-order chi connectivity index (χ0) is 15.4. The van der Waals surface area contributed by atoms with Gasteiger partial charge in [-0.25, -0.2) is 4.79 Å². The average molecular weight is 290 g/mol. The molecule has 114 valence electrons. The lowest BCUT2D eigenvalue weighted by Gasteiger charge is -2.31. The second-order valence-electron chi connectivity index (χ2n) is 5.45. The van der Waals surface area contributed by atoms with Gasteiger partial charge >= 0.3 is 6.03 Å². The Kier molecular flexibility index (Phi) is 4.67. The number of carbonyl (C=O) groups excluding carboxylic acids is 2. The number of aryl methyl sites for hydroxylation is 1. The van der Waals surface area contributed by atoms with Crippen LogP contribution in [0.1, 0.15) is 25.3 Å². The number of urea groups is 1.